The number of aryl methyl sites for hydroxylation is 2. The monoisotopic (exact) mass is 367 g/mol. The van der Waals surface area contributed by atoms with Crippen molar-refractivity contribution in [2.45, 2.75) is 32.8 Å². The number of rotatable bonds is 2. The Morgan fingerprint density at radius 1 is 1.07 bits per heavy atom. The van der Waals surface area contributed by atoms with Crippen molar-refractivity contribution in [1.82, 2.24) is 14.8 Å². The molecule has 4 rings (SSSR count). The molecule has 1 aromatic heterocycles. The normalized spacial score (nSPS) is 20.3. The van der Waals surface area contributed by atoms with Gasteiger partial charge in [0.05, 0.1) is 11.1 Å². The topological polar surface area (TPSA) is 62.7 Å². The second-order valence-corrected chi connectivity index (χ2v) is 7.45. The first kappa shape index (κ1) is 17.9. The highest BCUT2D eigenvalue weighted by molar-refractivity contribution is 6.06. The largest absolute Gasteiger partial charge is 0.368 e. The van der Waals surface area contributed by atoms with Gasteiger partial charge in [-0.05, 0) is 44.9 Å². The summed E-state index contributed by atoms with van der Waals surface area (Å²) >= 11 is 0. The van der Waals surface area contributed by atoms with Crippen LogP contribution >= 0.6 is 0 Å². The third kappa shape index (κ3) is 3.54. The van der Waals surface area contributed by atoms with Gasteiger partial charge in [-0.3, -0.25) is 14.6 Å². The van der Waals surface area contributed by atoms with Crippen LogP contribution in [0.2, 0.25) is 0 Å². The van der Waals surface area contributed by atoms with Crippen LogP contribution in [0, 0.1) is 13.8 Å². The van der Waals surface area contributed by atoms with E-state index in [2.05, 4.69) is 4.98 Å². The lowest BCUT2D eigenvalue weighted by Crippen LogP contribution is -2.52. The molecule has 0 N–H and O–H groups in total. The van der Waals surface area contributed by atoms with Gasteiger partial charge in [-0.15, -0.1) is 0 Å². The molecule has 2 aromatic rings. The molecular weight excluding hydrogens is 342 g/mol. The fourth-order valence-electron chi connectivity index (χ4n) is 3.93. The van der Waals surface area contributed by atoms with Crippen molar-refractivity contribution in [3.05, 3.63) is 41.1 Å². The first-order valence-corrected chi connectivity index (χ1v) is 9.60. The van der Waals surface area contributed by atoms with Gasteiger partial charge in [0.1, 0.15) is 6.10 Å². The summed E-state index contributed by atoms with van der Waals surface area (Å²) < 4.78 is 5.51. The summed E-state index contributed by atoms with van der Waals surface area (Å²) in [7, 11) is 0. The summed E-state index contributed by atoms with van der Waals surface area (Å²) in [5.74, 6) is 0.0840. The second kappa shape index (κ2) is 7.27. The second-order valence-electron chi connectivity index (χ2n) is 7.45. The molecule has 2 aliphatic heterocycles. The minimum Gasteiger partial charge on any atom is -0.368 e. The smallest absolute Gasteiger partial charge is 0.254 e. The number of carbonyl (C=O) groups excluding carboxylic acids is 2. The van der Waals surface area contributed by atoms with Gasteiger partial charge < -0.3 is 14.5 Å². The Labute approximate surface area is 159 Å². The quantitative estimate of drug-likeness (QED) is 0.817. The van der Waals surface area contributed by atoms with Gasteiger partial charge in [0.25, 0.3) is 11.8 Å². The van der Waals surface area contributed by atoms with Crippen LogP contribution in [-0.2, 0) is 9.53 Å². The van der Waals surface area contributed by atoms with Crippen LogP contribution in [-0.4, -0.2) is 65.5 Å². The minimum atomic E-state index is -0.290. The van der Waals surface area contributed by atoms with Crippen molar-refractivity contribution < 1.29 is 14.3 Å². The third-order valence-electron chi connectivity index (χ3n) is 5.41. The van der Waals surface area contributed by atoms with E-state index in [0.717, 1.165) is 35.0 Å². The average molecular weight is 367 g/mol. The zero-order valence-corrected chi connectivity index (χ0v) is 15.9. The summed E-state index contributed by atoms with van der Waals surface area (Å²) in [6, 6.07) is 7.87. The van der Waals surface area contributed by atoms with Crippen molar-refractivity contribution in [3.8, 4) is 0 Å². The molecule has 6 nitrogen and oxygen atoms in total. The molecule has 0 spiro atoms. The van der Waals surface area contributed by atoms with Crippen molar-refractivity contribution in [2.24, 2.45) is 0 Å². The van der Waals surface area contributed by atoms with E-state index in [9.17, 15) is 9.59 Å². The van der Waals surface area contributed by atoms with Gasteiger partial charge in [0, 0.05) is 43.9 Å². The molecule has 27 heavy (non-hydrogen) atoms. The first-order chi connectivity index (χ1) is 13.0. The maximum absolute atomic E-state index is 13.2. The van der Waals surface area contributed by atoms with Crippen LogP contribution < -0.4 is 0 Å². The summed E-state index contributed by atoms with van der Waals surface area (Å²) in [5, 5.41) is 0.892. The van der Waals surface area contributed by atoms with Crippen molar-refractivity contribution >= 4 is 22.7 Å². The molecule has 2 fully saturated rings. The highest BCUT2D eigenvalue weighted by Crippen LogP contribution is 2.23. The number of aromatic nitrogens is 1. The van der Waals surface area contributed by atoms with Crippen molar-refractivity contribution in [3.63, 3.8) is 0 Å². The molecule has 0 saturated carbocycles. The fourth-order valence-corrected chi connectivity index (χ4v) is 3.93. The van der Waals surface area contributed by atoms with Crippen LogP contribution in [0.4, 0.5) is 0 Å². The maximum Gasteiger partial charge on any atom is 0.254 e. The number of amides is 2. The Balaban J connectivity index is 1.50. The average Bonchev–Trinajstić information content (AvgIpc) is 3.21. The van der Waals surface area contributed by atoms with Crippen LogP contribution in [0.3, 0.4) is 0 Å². The van der Waals surface area contributed by atoms with Crippen LogP contribution in [0.5, 0.6) is 0 Å². The lowest BCUT2D eigenvalue weighted by atomic mass is 10.0. The van der Waals surface area contributed by atoms with Gasteiger partial charge in [0.15, 0.2) is 0 Å². The number of benzene rings is 1. The predicted molar refractivity (Wildman–Crippen MR) is 103 cm³/mol. The fraction of sp³-hybridized carbons (Fsp3) is 0.476. The number of nitrogens with zero attached hydrogens (tertiary/aromatic N) is 3. The highest BCUT2D eigenvalue weighted by atomic mass is 16.5. The van der Waals surface area contributed by atoms with Gasteiger partial charge >= 0.3 is 0 Å². The standard InChI is InChI=1S/C21H25N3O3/c1-14-5-6-18-16(12-14)17(13-15(2)22-18)20(25)23-7-9-24(10-8-23)21(26)19-4-3-11-27-19/h5-6,12-13,19H,3-4,7-11H2,1-2H3. The zero-order valence-electron chi connectivity index (χ0n) is 15.9. The molecule has 6 heteroatoms. The lowest BCUT2D eigenvalue weighted by Gasteiger charge is -2.36. The van der Waals surface area contributed by atoms with Crippen molar-refractivity contribution in [1.29, 1.82) is 0 Å². The van der Waals surface area contributed by atoms with Crippen LogP contribution in [0.15, 0.2) is 24.3 Å². The predicted octanol–water partition coefficient (Wildman–Crippen LogP) is 2.32. The summed E-state index contributed by atoms with van der Waals surface area (Å²) in [5.41, 5.74) is 3.48. The van der Waals surface area contributed by atoms with Crippen molar-refractivity contribution in [2.75, 3.05) is 32.8 Å². The van der Waals surface area contributed by atoms with E-state index < -0.39 is 0 Å². The number of carbonyl (C=O) groups is 2. The Hall–Kier alpha value is -2.47. The first-order valence-electron chi connectivity index (χ1n) is 9.60. The van der Waals surface area contributed by atoms with E-state index in [1.165, 1.54) is 0 Å². The van der Waals surface area contributed by atoms with Gasteiger partial charge in [-0.25, -0.2) is 0 Å². The molecule has 2 amide bonds. The summed E-state index contributed by atoms with van der Waals surface area (Å²) in [4.78, 5) is 33.9. The van der Waals surface area contributed by atoms with E-state index in [1.807, 2.05) is 47.9 Å². The Kier molecular flexibility index (Phi) is 4.83. The number of hydrogen-bond acceptors (Lipinski definition) is 4. The van der Waals surface area contributed by atoms with E-state index in [0.29, 0.717) is 38.3 Å². The number of hydrogen-bond donors (Lipinski definition) is 0. The number of piperazine rings is 1. The molecule has 2 saturated heterocycles. The summed E-state index contributed by atoms with van der Waals surface area (Å²) in [6.07, 6.45) is 1.46. The van der Waals surface area contributed by atoms with E-state index in [1.54, 1.807) is 0 Å². The maximum atomic E-state index is 13.2. The van der Waals surface area contributed by atoms with Gasteiger partial charge in [-0.2, -0.15) is 0 Å². The molecule has 3 heterocycles. The van der Waals surface area contributed by atoms with Crippen LogP contribution in [0.25, 0.3) is 10.9 Å². The molecule has 0 radical (unpaired) electrons. The molecule has 1 atom stereocenters. The molecular formula is C21H25N3O3. The summed E-state index contributed by atoms with van der Waals surface area (Å²) in [6.45, 7) is 6.81. The SMILES string of the molecule is Cc1ccc2nc(C)cc(C(=O)N3CCN(C(=O)C4CCCO4)CC3)c2c1. The van der Waals surface area contributed by atoms with E-state index >= 15 is 0 Å². The molecule has 0 bridgehead atoms. The Morgan fingerprint density at radius 3 is 2.52 bits per heavy atom. The van der Waals surface area contributed by atoms with Gasteiger partial charge in [0.2, 0.25) is 0 Å². The van der Waals surface area contributed by atoms with Crippen LogP contribution in [0.1, 0.15) is 34.5 Å². The molecule has 1 unspecified atom stereocenters. The third-order valence-corrected chi connectivity index (χ3v) is 5.41. The van der Waals surface area contributed by atoms with E-state index in [-0.39, 0.29) is 17.9 Å². The number of fused-ring (bicyclic) bond motifs is 1. The highest BCUT2D eigenvalue weighted by Gasteiger charge is 2.31. The van der Waals surface area contributed by atoms with E-state index in [4.69, 9.17) is 4.74 Å². The van der Waals surface area contributed by atoms with Gasteiger partial charge in [-0.1, -0.05) is 11.6 Å². The number of pyridine rings is 1. The molecule has 2 aliphatic rings. The Bertz CT molecular complexity index is 882. The Morgan fingerprint density at radius 2 is 1.81 bits per heavy atom. The lowest BCUT2D eigenvalue weighted by molar-refractivity contribution is -0.142. The molecule has 142 valence electrons. The number of ether oxygens (including phenoxy) is 1. The molecule has 0 aliphatic carbocycles. The minimum absolute atomic E-state index is 0.0142. The zero-order chi connectivity index (χ0) is 19.0. The molecule has 1 aromatic carbocycles.